The summed E-state index contributed by atoms with van der Waals surface area (Å²) < 4.78 is 0. The summed E-state index contributed by atoms with van der Waals surface area (Å²) in [5.41, 5.74) is 12.2. The zero-order valence-electron chi connectivity index (χ0n) is 15.0. The Balaban J connectivity index is 1.51. The van der Waals surface area contributed by atoms with Crippen LogP contribution >= 0.6 is 0 Å². The van der Waals surface area contributed by atoms with Crippen molar-refractivity contribution < 1.29 is 0 Å². The molecule has 2 aliphatic carbocycles. The second kappa shape index (κ2) is 8.21. The van der Waals surface area contributed by atoms with Gasteiger partial charge in [-0.15, -0.1) is 11.5 Å². The molecule has 0 radical (unpaired) electrons. The zero-order chi connectivity index (χ0) is 18.3. The lowest BCUT2D eigenvalue weighted by atomic mass is 10.2. The quantitative estimate of drug-likeness (QED) is 0.473. The maximum absolute atomic E-state index is 4.57. The summed E-state index contributed by atoms with van der Waals surface area (Å²) in [7, 11) is 0. The number of anilines is 1. The highest BCUT2D eigenvalue weighted by atomic mass is 15.1. The topological polar surface area (TPSA) is 15.6 Å². The molecule has 2 nitrogen and oxygen atoms in total. The number of aliphatic imine (C=N–C) groups is 1. The van der Waals surface area contributed by atoms with Crippen LogP contribution in [0.1, 0.15) is 5.56 Å². The lowest BCUT2D eigenvalue weighted by Crippen LogP contribution is -2.26. The van der Waals surface area contributed by atoms with E-state index in [9.17, 15) is 0 Å². The molecule has 0 saturated heterocycles. The van der Waals surface area contributed by atoms with E-state index >= 15 is 0 Å². The van der Waals surface area contributed by atoms with E-state index in [2.05, 4.69) is 57.8 Å². The summed E-state index contributed by atoms with van der Waals surface area (Å²) in [6.07, 6.45) is 14.1. The van der Waals surface area contributed by atoms with Crippen LogP contribution in [0.5, 0.6) is 0 Å². The van der Waals surface area contributed by atoms with Gasteiger partial charge in [0, 0.05) is 23.0 Å². The summed E-state index contributed by atoms with van der Waals surface area (Å²) in [5, 5.41) is 0. The van der Waals surface area contributed by atoms with Gasteiger partial charge in [-0.2, -0.15) is 0 Å². The molecule has 27 heavy (non-hydrogen) atoms. The smallest absolute Gasteiger partial charge is 0.0631 e. The molecule has 2 aromatic carbocycles. The lowest BCUT2D eigenvalue weighted by molar-refractivity contribution is 0.919. The van der Waals surface area contributed by atoms with Crippen LogP contribution in [0.3, 0.4) is 0 Å². The Morgan fingerprint density at radius 1 is 0.778 bits per heavy atom. The Hall–Kier alpha value is -3.57. The first kappa shape index (κ1) is 16.9. The average Bonchev–Trinajstić information content (AvgIpc) is 3.41. The molecule has 0 fully saturated rings. The Labute approximate surface area is 160 Å². The van der Waals surface area contributed by atoms with Crippen molar-refractivity contribution in [2.45, 2.75) is 0 Å². The molecule has 0 saturated carbocycles. The number of allylic oxidation sites excluding steroid dienone is 2. The van der Waals surface area contributed by atoms with Crippen LogP contribution in [0.15, 0.2) is 119 Å². The number of rotatable bonds is 7. The highest BCUT2D eigenvalue weighted by Crippen LogP contribution is 2.23. The van der Waals surface area contributed by atoms with Crippen molar-refractivity contribution in [3.63, 3.8) is 0 Å². The normalized spacial score (nSPS) is 14.2. The fourth-order valence-electron chi connectivity index (χ4n) is 3.02. The molecular formula is C25H20N2. The summed E-state index contributed by atoms with van der Waals surface area (Å²) in [6.45, 7) is 1.64. The molecule has 0 heterocycles. The van der Waals surface area contributed by atoms with Crippen LogP contribution in [0.2, 0.25) is 0 Å². The Kier molecular flexibility index (Phi) is 5.13. The first-order valence-electron chi connectivity index (χ1n) is 9.05. The largest absolute Gasteiger partial charge is 0.362 e. The summed E-state index contributed by atoms with van der Waals surface area (Å²) in [5.74, 6) is 0. The van der Waals surface area contributed by atoms with Gasteiger partial charge >= 0.3 is 0 Å². The van der Waals surface area contributed by atoms with E-state index in [0.717, 1.165) is 30.0 Å². The van der Waals surface area contributed by atoms with Gasteiger partial charge < -0.3 is 4.90 Å². The molecule has 0 N–H and O–H groups in total. The monoisotopic (exact) mass is 348 g/mol. The SMILES string of the molecule is C1=CC=CC=1CN(CC1=C=CC=C1)c1ccc(N=Cc2ccccc2)cc1. The molecular weight excluding hydrogens is 328 g/mol. The Morgan fingerprint density at radius 3 is 1.96 bits per heavy atom. The molecule has 0 unspecified atom stereocenters. The number of benzene rings is 2. The van der Waals surface area contributed by atoms with E-state index < -0.39 is 0 Å². The standard InChI is InChI=1S/C25H20N2/c1-2-8-21(9-3-1)18-26-24-14-16-25(17-15-24)27(19-22-10-4-5-11-22)20-23-12-6-7-13-23/h1-10,12,14-18H,19-20H2. The van der Waals surface area contributed by atoms with Gasteiger partial charge in [-0.25, -0.2) is 0 Å². The van der Waals surface area contributed by atoms with Crippen molar-refractivity contribution in [1.29, 1.82) is 0 Å². The van der Waals surface area contributed by atoms with Crippen LogP contribution in [-0.2, 0) is 0 Å². The van der Waals surface area contributed by atoms with Crippen molar-refractivity contribution in [1.82, 2.24) is 0 Å². The third-order valence-electron chi connectivity index (χ3n) is 4.42. The predicted molar refractivity (Wildman–Crippen MR) is 114 cm³/mol. The molecule has 2 heteroatoms. The molecule has 2 aliphatic rings. The second-order valence-electron chi connectivity index (χ2n) is 6.43. The van der Waals surface area contributed by atoms with Crippen LogP contribution in [0, 0.1) is 0 Å². The van der Waals surface area contributed by atoms with Crippen LogP contribution < -0.4 is 4.90 Å². The molecule has 0 aliphatic heterocycles. The van der Waals surface area contributed by atoms with E-state index in [1.807, 2.05) is 60.9 Å². The van der Waals surface area contributed by atoms with Gasteiger partial charge in [0.05, 0.1) is 18.8 Å². The second-order valence-corrected chi connectivity index (χ2v) is 6.43. The first-order chi connectivity index (χ1) is 13.4. The fraction of sp³-hybridized carbons (Fsp3) is 0.0800. The van der Waals surface area contributed by atoms with Gasteiger partial charge in [-0.3, -0.25) is 4.99 Å². The van der Waals surface area contributed by atoms with E-state index in [1.165, 1.54) is 11.1 Å². The molecule has 0 spiro atoms. The molecule has 0 atom stereocenters. The fourth-order valence-corrected chi connectivity index (χ4v) is 3.02. The summed E-state index contributed by atoms with van der Waals surface area (Å²) in [4.78, 5) is 6.91. The molecule has 0 bridgehead atoms. The van der Waals surface area contributed by atoms with Crippen molar-refractivity contribution in [3.05, 3.63) is 119 Å². The minimum atomic E-state index is 0.818. The van der Waals surface area contributed by atoms with Crippen molar-refractivity contribution in [2.24, 2.45) is 4.99 Å². The third-order valence-corrected chi connectivity index (χ3v) is 4.42. The highest BCUT2D eigenvalue weighted by Gasteiger charge is 2.11. The van der Waals surface area contributed by atoms with Gasteiger partial charge in [0.15, 0.2) is 0 Å². The third kappa shape index (κ3) is 4.54. The van der Waals surface area contributed by atoms with Crippen LogP contribution in [0.25, 0.3) is 0 Å². The van der Waals surface area contributed by atoms with Crippen molar-refractivity contribution in [2.75, 3.05) is 18.0 Å². The molecule has 2 aromatic rings. The van der Waals surface area contributed by atoms with E-state index in [4.69, 9.17) is 0 Å². The van der Waals surface area contributed by atoms with Crippen LogP contribution in [0.4, 0.5) is 11.4 Å². The van der Waals surface area contributed by atoms with Gasteiger partial charge in [0.25, 0.3) is 0 Å². The first-order valence-corrected chi connectivity index (χ1v) is 9.05. The van der Waals surface area contributed by atoms with E-state index in [-0.39, 0.29) is 0 Å². The predicted octanol–water partition coefficient (Wildman–Crippen LogP) is 5.55. The number of hydrogen-bond acceptors (Lipinski definition) is 2. The van der Waals surface area contributed by atoms with Gasteiger partial charge in [0.1, 0.15) is 0 Å². The highest BCUT2D eigenvalue weighted by molar-refractivity contribution is 5.81. The number of hydrogen-bond donors (Lipinski definition) is 0. The minimum Gasteiger partial charge on any atom is -0.362 e. The van der Waals surface area contributed by atoms with Crippen LogP contribution in [-0.4, -0.2) is 19.3 Å². The van der Waals surface area contributed by atoms with Crippen molar-refractivity contribution >= 4 is 17.6 Å². The summed E-state index contributed by atoms with van der Waals surface area (Å²) >= 11 is 0. The van der Waals surface area contributed by atoms with E-state index in [0.29, 0.717) is 0 Å². The lowest BCUT2D eigenvalue weighted by Gasteiger charge is -2.24. The molecule has 0 amide bonds. The van der Waals surface area contributed by atoms with Crippen molar-refractivity contribution in [3.8, 4) is 0 Å². The molecule has 4 rings (SSSR count). The Bertz CT molecular complexity index is 981. The molecule has 0 aromatic heterocycles. The maximum atomic E-state index is 4.57. The van der Waals surface area contributed by atoms with Gasteiger partial charge in [0.2, 0.25) is 0 Å². The number of nitrogens with zero attached hydrogens (tertiary/aromatic N) is 2. The van der Waals surface area contributed by atoms with Gasteiger partial charge in [-0.1, -0.05) is 42.5 Å². The van der Waals surface area contributed by atoms with E-state index in [1.54, 1.807) is 0 Å². The zero-order valence-corrected chi connectivity index (χ0v) is 15.0. The molecule has 130 valence electrons. The summed E-state index contributed by atoms with van der Waals surface area (Å²) in [6, 6.07) is 18.5. The Morgan fingerprint density at radius 2 is 1.41 bits per heavy atom. The maximum Gasteiger partial charge on any atom is 0.0631 e. The van der Waals surface area contributed by atoms with Gasteiger partial charge in [-0.05, 0) is 54.1 Å². The minimum absolute atomic E-state index is 0.818. The average molecular weight is 348 g/mol.